The number of benzene rings is 1. The van der Waals surface area contributed by atoms with Crippen LogP contribution in [0.25, 0.3) is 0 Å². The van der Waals surface area contributed by atoms with Crippen LogP contribution in [-0.4, -0.2) is 34.3 Å². The van der Waals surface area contributed by atoms with E-state index in [4.69, 9.17) is 0 Å². The lowest BCUT2D eigenvalue weighted by molar-refractivity contribution is 0.174. The number of β-amino-alcohol motifs (C(OH)–C–C–N with tert-alkyl or cyclic N) is 1. The molecule has 0 saturated carbocycles. The third-order valence-electron chi connectivity index (χ3n) is 2.68. The van der Waals surface area contributed by atoms with Crippen LogP contribution in [0.5, 0.6) is 5.75 Å². The smallest absolute Gasteiger partial charge is 0.120 e. The number of hydrogen-bond acceptors (Lipinski definition) is 3. The van der Waals surface area contributed by atoms with Gasteiger partial charge in [0.25, 0.3) is 0 Å². The van der Waals surface area contributed by atoms with Gasteiger partial charge in [0.05, 0.1) is 6.10 Å². The minimum absolute atomic E-state index is 0.209. The topological polar surface area (TPSA) is 43.7 Å². The summed E-state index contributed by atoms with van der Waals surface area (Å²) in [5.41, 5.74) is 0.901. The fraction of sp³-hybridized carbons (Fsp3) is 0.455. The van der Waals surface area contributed by atoms with Crippen molar-refractivity contribution in [3.05, 3.63) is 28.2 Å². The van der Waals surface area contributed by atoms with Gasteiger partial charge in [0.1, 0.15) is 5.75 Å². The predicted octanol–water partition coefficient (Wildman–Crippen LogP) is 1.72. The van der Waals surface area contributed by atoms with Crippen LogP contribution in [0.1, 0.15) is 12.0 Å². The van der Waals surface area contributed by atoms with Crippen LogP contribution in [0.3, 0.4) is 0 Å². The Kier molecular flexibility index (Phi) is 3.29. The molecule has 82 valence electrons. The van der Waals surface area contributed by atoms with Gasteiger partial charge in [-0.2, -0.15) is 0 Å². The van der Waals surface area contributed by atoms with Crippen LogP contribution in [0.4, 0.5) is 0 Å². The SMILES string of the molecule is Oc1ccc(Br)cc1CN1CC[C@H](O)C1. The van der Waals surface area contributed by atoms with Gasteiger partial charge in [0.2, 0.25) is 0 Å². The van der Waals surface area contributed by atoms with Crippen molar-refractivity contribution >= 4 is 15.9 Å². The predicted molar refractivity (Wildman–Crippen MR) is 61.7 cm³/mol. The number of phenolic OH excluding ortho intramolecular Hbond substituents is 1. The van der Waals surface area contributed by atoms with Crippen molar-refractivity contribution in [1.82, 2.24) is 4.90 Å². The lowest BCUT2D eigenvalue weighted by Gasteiger charge is -2.15. The molecule has 1 atom stereocenters. The lowest BCUT2D eigenvalue weighted by atomic mass is 10.2. The lowest BCUT2D eigenvalue weighted by Crippen LogP contribution is -2.21. The summed E-state index contributed by atoms with van der Waals surface area (Å²) in [6.07, 6.45) is 0.619. The molecule has 1 aromatic rings. The van der Waals surface area contributed by atoms with Crippen molar-refractivity contribution in [1.29, 1.82) is 0 Å². The van der Waals surface area contributed by atoms with E-state index in [0.29, 0.717) is 18.8 Å². The first-order valence-electron chi connectivity index (χ1n) is 5.03. The zero-order valence-electron chi connectivity index (χ0n) is 8.36. The Morgan fingerprint density at radius 1 is 1.47 bits per heavy atom. The fourth-order valence-electron chi connectivity index (χ4n) is 1.88. The molecule has 4 heteroatoms. The summed E-state index contributed by atoms with van der Waals surface area (Å²) in [4.78, 5) is 2.14. The molecule has 3 nitrogen and oxygen atoms in total. The molecule has 2 rings (SSSR count). The van der Waals surface area contributed by atoms with Gasteiger partial charge in [-0.15, -0.1) is 0 Å². The third kappa shape index (κ3) is 2.71. The molecule has 1 aromatic carbocycles. The second-order valence-corrected chi connectivity index (χ2v) is 4.87. The van der Waals surface area contributed by atoms with Crippen molar-refractivity contribution in [2.75, 3.05) is 13.1 Å². The molecular weight excluding hydrogens is 258 g/mol. The number of aromatic hydroxyl groups is 1. The van der Waals surface area contributed by atoms with Gasteiger partial charge in [-0.05, 0) is 24.6 Å². The van der Waals surface area contributed by atoms with E-state index in [1.807, 2.05) is 12.1 Å². The van der Waals surface area contributed by atoms with Crippen LogP contribution in [0.2, 0.25) is 0 Å². The summed E-state index contributed by atoms with van der Waals surface area (Å²) < 4.78 is 0.968. The van der Waals surface area contributed by atoms with Gasteiger partial charge in [0.15, 0.2) is 0 Å². The number of likely N-dealkylation sites (tertiary alicyclic amines) is 1. The number of hydrogen-bond donors (Lipinski definition) is 2. The third-order valence-corrected chi connectivity index (χ3v) is 3.18. The molecule has 0 spiro atoms. The second-order valence-electron chi connectivity index (χ2n) is 3.95. The molecule has 1 saturated heterocycles. The summed E-state index contributed by atoms with van der Waals surface area (Å²) >= 11 is 3.38. The van der Waals surface area contributed by atoms with E-state index >= 15 is 0 Å². The summed E-state index contributed by atoms with van der Waals surface area (Å²) in [5.74, 6) is 0.319. The van der Waals surface area contributed by atoms with Crippen LogP contribution in [0, 0.1) is 0 Å². The summed E-state index contributed by atoms with van der Waals surface area (Å²) in [6, 6.07) is 5.42. The van der Waals surface area contributed by atoms with Gasteiger partial charge in [-0.25, -0.2) is 0 Å². The molecule has 0 amide bonds. The van der Waals surface area contributed by atoms with E-state index in [-0.39, 0.29) is 6.10 Å². The van der Waals surface area contributed by atoms with E-state index < -0.39 is 0 Å². The van der Waals surface area contributed by atoms with Gasteiger partial charge < -0.3 is 10.2 Å². The van der Waals surface area contributed by atoms with E-state index in [2.05, 4.69) is 20.8 Å². The van der Waals surface area contributed by atoms with Crippen molar-refractivity contribution in [2.24, 2.45) is 0 Å². The number of rotatable bonds is 2. The first-order chi connectivity index (χ1) is 7.15. The Bertz CT molecular complexity index is 356. The van der Waals surface area contributed by atoms with E-state index in [0.717, 1.165) is 23.0 Å². The van der Waals surface area contributed by atoms with Crippen molar-refractivity contribution in [3.8, 4) is 5.75 Å². The highest BCUT2D eigenvalue weighted by molar-refractivity contribution is 9.10. The highest BCUT2D eigenvalue weighted by Crippen LogP contribution is 2.24. The Morgan fingerprint density at radius 3 is 2.93 bits per heavy atom. The monoisotopic (exact) mass is 271 g/mol. The number of aliphatic hydroxyl groups is 1. The van der Waals surface area contributed by atoms with Crippen molar-refractivity contribution in [3.63, 3.8) is 0 Å². The Labute approximate surface area is 97.5 Å². The van der Waals surface area contributed by atoms with Crippen LogP contribution >= 0.6 is 15.9 Å². The molecule has 15 heavy (non-hydrogen) atoms. The minimum Gasteiger partial charge on any atom is -0.508 e. The molecule has 2 N–H and O–H groups in total. The second kappa shape index (κ2) is 4.51. The first-order valence-corrected chi connectivity index (χ1v) is 5.82. The minimum atomic E-state index is -0.209. The molecule has 1 aliphatic heterocycles. The Hall–Kier alpha value is -0.580. The Balaban J connectivity index is 2.07. The molecule has 0 aliphatic carbocycles. The first kappa shape index (κ1) is 10.9. The molecule has 1 aliphatic rings. The van der Waals surface area contributed by atoms with Gasteiger partial charge in [-0.1, -0.05) is 15.9 Å². The molecule has 0 radical (unpaired) electrons. The molecule has 0 unspecified atom stereocenters. The van der Waals surface area contributed by atoms with Crippen LogP contribution < -0.4 is 0 Å². The molecule has 0 bridgehead atoms. The highest BCUT2D eigenvalue weighted by atomic mass is 79.9. The normalized spacial score (nSPS) is 22.1. The van der Waals surface area contributed by atoms with Gasteiger partial charge in [0, 0.05) is 29.7 Å². The maximum Gasteiger partial charge on any atom is 0.120 e. The quantitative estimate of drug-likeness (QED) is 0.861. The maximum absolute atomic E-state index is 9.65. The number of nitrogens with zero attached hydrogens (tertiary/aromatic N) is 1. The van der Waals surface area contributed by atoms with Gasteiger partial charge >= 0.3 is 0 Å². The van der Waals surface area contributed by atoms with Gasteiger partial charge in [-0.3, -0.25) is 4.90 Å². The number of halogens is 1. The zero-order valence-corrected chi connectivity index (χ0v) is 9.94. The van der Waals surface area contributed by atoms with Crippen molar-refractivity contribution < 1.29 is 10.2 Å². The highest BCUT2D eigenvalue weighted by Gasteiger charge is 2.20. The zero-order chi connectivity index (χ0) is 10.8. The molecule has 1 heterocycles. The molecule has 1 fully saturated rings. The fourth-order valence-corrected chi connectivity index (χ4v) is 2.29. The van der Waals surface area contributed by atoms with E-state index in [1.54, 1.807) is 6.07 Å². The van der Waals surface area contributed by atoms with Crippen LogP contribution in [0.15, 0.2) is 22.7 Å². The van der Waals surface area contributed by atoms with Crippen LogP contribution in [-0.2, 0) is 6.54 Å². The summed E-state index contributed by atoms with van der Waals surface area (Å²) in [6.45, 7) is 2.29. The van der Waals surface area contributed by atoms with Crippen molar-refractivity contribution in [2.45, 2.75) is 19.1 Å². The standard InChI is InChI=1S/C11H14BrNO2/c12-9-1-2-11(15)8(5-9)6-13-4-3-10(14)7-13/h1-2,5,10,14-15H,3-4,6-7H2/t10-/m0/s1. The number of phenols is 1. The Morgan fingerprint density at radius 2 is 2.27 bits per heavy atom. The summed E-state index contributed by atoms with van der Waals surface area (Å²) in [7, 11) is 0. The largest absolute Gasteiger partial charge is 0.508 e. The number of aliphatic hydroxyl groups excluding tert-OH is 1. The maximum atomic E-state index is 9.65. The van der Waals surface area contributed by atoms with E-state index in [1.165, 1.54) is 0 Å². The van der Waals surface area contributed by atoms with E-state index in [9.17, 15) is 10.2 Å². The average molecular weight is 272 g/mol. The summed E-state index contributed by atoms with van der Waals surface area (Å²) in [5, 5.41) is 19.0. The molecular formula is C11H14BrNO2. The molecule has 0 aromatic heterocycles. The average Bonchev–Trinajstić information content (AvgIpc) is 2.58.